The number of aryl methyl sites for hydroxylation is 1. The fourth-order valence-corrected chi connectivity index (χ4v) is 4.81. The highest BCUT2D eigenvalue weighted by molar-refractivity contribution is 7.07. The molecule has 0 atom stereocenters. The summed E-state index contributed by atoms with van der Waals surface area (Å²) < 4.78 is 7.91. The molecule has 0 amide bonds. The maximum absolute atomic E-state index is 5.52. The first-order valence-electron chi connectivity index (χ1n) is 11.1. The molecule has 1 aliphatic rings. The average molecular weight is 436 g/mol. The van der Waals surface area contributed by atoms with Gasteiger partial charge in [0.15, 0.2) is 4.80 Å². The maximum atomic E-state index is 5.52. The molecule has 2 aromatic carbocycles. The molecule has 1 aromatic heterocycles. The second-order valence-electron chi connectivity index (χ2n) is 9.23. The largest absolute Gasteiger partial charge is 0.379 e. The van der Waals surface area contributed by atoms with Gasteiger partial charge in [-0.2, -0.15) is 0 Å². The van der Waals surface area contributed by atoms with Crippen molar-refractivity contribution in [2.45, 2.75) is 39.7 Å². The van der Waals surface area contributed by atoms with Crippen molar-refractivity contribution in [2.75, 3.05) is 32.8 Å². The molecule has 2 heterocycles. The molecule has 0 unspecified atom stereocenters. The number of rotatable bonds is 5. The Labute approximate surface area is 189 Å². The van der Waals surface area contributed by atoms with Gasteiger partial charge in [0.05, 0.1) is 24.6 Å². The van der Waals surface area contributed by atoms with Gasteiger partial charge in [-0.25, -0.2) is 4.99 Å². The predicted molar refractivity (Wildman–Crippen MR) is 130 cm³/mol. The number of nitrogens with zero attached hydrogens (tertiary/aromatic N) is 3. The van der Waals surface area contributed by atoms with Crippen LogP contribution in [-0.4, -0.2) is 42.3 Å². The number of hydrogen-bond acceptors (Lipinski definition) is 4. The van der Waals surface area contributed by atoms with Crippen LogP contribution in [0.4, 0.5) is 5.69 Å². The zero-order chi connectivity index (χ0) is 21.8. The molecule has 0 bridgehead atoms. The Morgan fingerprint density at radius 1 is 0.968 bits per heavy atom. The van der Waals surface area contributed by atoms with E-state index >= 15 is 0 Å². The van der Waals surface area contributed by atoms with Crippen molar-refractivity contribution in [2.24, 2.45) is 4.99 Å². The summed E-state index contributed by atoms with van der Waals surface area (Å²) in [4.78, 5) is 8.58. The molecule has 3 aromatic rings. The van der Waals surface area contributed by atoms with E-state index < -0.39 is 0 Å². The van der Waals surface area contributed by atoms with Gasteiger partial charge in [-0.15, -0.1) is 11.3 Å². The van der Waals surface area contributed by atoms with Crippen molar-refractivity contribution >= 4 is 17.0 Å². The smallest absolute Gasteiger partial charge is 0.190 e. The third-order valence-corrected chi connectivity index (χ3v) is 6.78. The second-order valence-corrected chi connectivity index (χ2v) is 10.1. The number of morpholine rings is 1. The number of para-hydroxylation sites is 1. The highest BCUT2D eigenvalue weighted by atomic mass is 32.1. The average Bonchev–Trinajstić information content (AvgIpc) is 3.16. The van der Waals surface area contributed by atoms with Crippen LogP contribution in [0.25, 0.3) is 11.3 Å². The molecule has 5 heteroatoms. The fourth-order valence-electron chi connectivity index (χ4n) is 3.86. The van der Waals surface area contributed by atoms with Crippen molar-refractivity contribution in [1.29, 1.82) is 0 Å². The first-order valence-corrected chi connectivity index (χ1v) is 12.0. The SMILES string of the molecule is Cc1ccccc1N=c1scc(-c2ccc(C(C)(C)C)cc2)n1CCN1CCOCC1. The Kier molecular flexibility index (Phi) is 6.75. The summed E-state index contributed by atoms with van der Waals surface area (Å²) >= 11 is 1.72. The molecule has 4 rings (SSSR count). The lowest BCUT2D eigenvalue weighted by molar-refractivity contribution is 0.0363. The van der Waals surface area contributed by atoms with Crippen LogP contribution in [0.1, 0.15) is 31.9 Å². The van der Waals surface area contributed by atoms with Crippen LogP contribution in [0.5, 0.6) is 0 Å². The number of hydrogen-bond donors (Lipinski definition) is 0. The van der Waals surface area contributed by atoms with Crippen molar-refractivity contribution in [3.8, 4) is 11.3 Å². The van der Waals surface area contributed by atoms with Gasteiger partial charge in [0, 0.05) is 31.6 Å². The summed E-state index contributed by atoms with van der Waals surface area (Å²) in [5, 5.41) is 2.25. The van der Waals surface area contributed by atoms with E-state index in [9.17, 15) is 0 Å². The molecule has 31 heavy (non-hydrogen) atoms. The Bertz CT molecular complexity index is 1070. The lowest BCUT2D eigenvalue weighted by atomic mass is 9.86. The maximum Gasteiger partial charge on any atom is 0.190 e. The first kappa shape index (κ1) is 22.0. The van der Waals surface area contributed by atoms with E-state index in [2.05, 4.69) is 91.1 Å². The summed E-state index contributed by atoms with van der Waals surface area (Å²) in [7, 11) is 0. The van der Waals surface area contributed by atoms with Crippen molar-refractivity contribution in [3.05, 3.63) is 69.8 Å². The zero-order valence-electron chi connectivity index (χ0n) is 19.1. The lowest BCUT2D eigenvalue weighted by Crippen LogP contribution is -2.39. The molecular weight excluding hydrogens is 402 g/mol. The van der Waals surface area contributed by atoms with Crippen LogP contribution in [0.15, 0.2) is 58.9 Å². The Morgan fingerprint density at radius 3 is 2.35 bits per heavy atom. The molecule has 1 saturated heterocycles. The molecule has 0 spiro atoms. The van der Waals surface area contributed by atoms with Gasteiger partial charge in [0.1, 0.15) is 0 Å². The van der Waals surface area contributed by atoms with E-state index in [-0.39, 0.29) is 5.41 Å². The monoisotopic (exact) mass is 435 g/mol. The molecular formula is C26H33N3OS. The summed E-state index contributed by atoms with van der Waals surface area (Å²) in [6.07, 6.45) is 0. The Morgan fingerprint density at radius 2 is 1.68 bits per heavy atom. The van der Waals surface area contributed by atoms with E-state index in [0.717, 1.165) is 49.9 Å². The van der Waals surface area contributed by atoms with Gasteiger partial charge in [-0.1, -0.05) is 63.2 Å². The quantitative estimate of drug-likeness (QED) is 0.538. The van der Waals surface area contributed by atoms with Crippen molar-refractivity contribution < 1.29 is 4.74 Å². The minimum atomic E-state index is 0.158. The fraction of sp³-hybridized carbons (Fsp3) is 0.423. The normalized spacial score (nSPS) is 16.1. The van der Waals surface area contributed by atoms with Crippen LogP contribution in [0.3, 0.4) is 0 Å². The third kappa shape index (κ3) is 5.35. The summed E-state index contributed by atoms with van der Waals surface area (Å²) in [5.41, 5.74) is 6.25. The van der Waals surface area contributed by atoms with E-state index in [4.69, 9.17) is 9.73 Å². The zero-order valence-corrected chi connectivity index (χ0v) is 19.9. The van der Waals surface area contributed by atoms with Crippen LogP contribution in [0.2, 0.25) is 0 Å². The molecule has 0 saturated carbocycles. The van der Waals surface area contributed by atoms with Gasteiger partial charge in [-0.05, 0) is 35.1 Å². The Hall–Kier alpha value is -2.21. The molecule has 1 aliphatic heterocycles. The number of ether oxygens (including phenoxy) is 1. The van der Waals surface area contributed by atoms with Gasteiger partial charge in [0.2, 0.25) is 0 Å². The summed E-state index contributed by atoms with van der Waals surface area (Å²) in [6.45, 7) is 14.5. The molecule has 0 aliphatic carbocycles. The standard InChI is InChI=1S/C26H33N3OS/c1-20-7-5-6-8-23(20)27-25-29(14-13-28-15-17-30-18-16-28)24(19-31-25)21-9-11-22(12-10-21)26(2,3)4/h5-12,19H,13-18H2,1-4H3. The molecule has 0 N–H and O–H groups in total. The van der Waals surface area contributed by atoms with Crippen LogP contribution < -0.4 is 4.80 Å². The van der Waals surface area contributed by atoms with Crippen LogP contribution in [0, 0.1) is 6.92 Å². The van der Waals surface area contributed by atoms with E-state index in [1.54, 1.807) is 11.3 Å². The topological polar surface area (TPSA) is 29.8 Å². The predicted octanol–water partition coefficient (Wildman–Crippen LogP) is 5.39. The van der Waals surface area contributed by atoms with Crippen LogP contribution in [-0.2, 0) is 16.7 Å². The number of thiazole rings is 1. The Balaban J connectivity index is 1.70. The second kappa shape index (κ2) is 9.51. The lowest BCUT2D eigenvalue weighted by Gasteiger charge is -2.27. The minimum absolute atomic E-state index is 0.158. The highest BCUT2D eigenvalue weighted by Crippen LogP contribution is 2.27. The summed E-state index contributed by atoms with van der Waals surface area (Å²) in [5.74, 6) is 0. The van der Waals surface area contributed by atoms with Gasteiger partial charge >= 0.3 is 0 Å². The van der Waals surface area contributed by atoms with Crippen molar-refractivity contribution in [1.82, 2.24) is 9.47 Å². The molecule has 0 radical (unpaired) electrons. The van der Waals surface area contributed by atoms with E-state index in [0.29, 0.717) is 0 Å². The van der Waals surface area contributed by atoms with Gasteiger partial charge in [-0.3, -0.25) is 4.90 Å². The highest BCUT2D eigenvalue weighted by Gasteiger charge is 2.16. The van der Waals surface area contributed by atoms with E-state index in [1.807, 2.05) is 0 Å². The number of aromatic nitrogens is 1. The van der Waals surface area contributed by atoms with E-state index in [1.165, 1.54) is 22.4 Å². The van der Waals surface area contributed by atoms with Gasteiger partial charge in [0.25, 0.3) is 0 Å². The molecule has 1 fully saturated rings. The molecule has 164 valence electrons. The number of benzene rings is 2. The van der Waals surface area contributed by atoms with Gasteiger partial charge < -0.3 is 9.30 Å². The molecule has 4 nitrogen and oxygen atoms in total. The first-order chi connectivity index (χ1) is 14.9. The minimum Gasteiger partial charge on any atom is -0.379 e. The summed E-state index contributed by atoms with van der Waals surface area (Å²) in [6, 6.07) is 17.4. The van der Waals surface area contributed by atoms with Crippen LogP contribution >= 0.6 is 11.3 Å². The van der Waals surface area contributed by atoms with Crippen molar-refractivity contribution in [3.63, 3.8) is 0 Å². The third-order valence-electron chi connectivity index (χ3n) is 5.92.